The molecule has 1 aromatic carbocycles. The second-order valence-corrected chi connectivity index (χ2v) is 4.08. The monoisotopic (exact) mass is 270 g/mol. The predicted octanol–water partition coefficient (Wildman–Crippen LogP) is 0.304. The lowest BCUT2D eigenvalue weighted by Gasteiger charge is -2.07. The van der Waals surface area contributed by atoms with Crippen molar-refractivity contribution in [3.8, 4) is 11.4 Å². The van der Waals surface area contributed by atoms with E-state index in [2.05, 4.69) is 15.3 Å². The number of aromatic nitrogens is 2. The number of aliphatic carboxylic acids is 1. The van der Waals surface area contributed by atoms with E-state index in [1.54, 1.807) is 0 Å². The molecule has 0 saturated carbocycles. The molecule has 0 atom stereocenters. The standard InChI is InChI=1S/C14H13N3O3/c1-9(18)16-12(14(19)20)7-11-8-15-13(17-11)10-5-3-2-4-6-10/h2-8H,1H3,(H,15,17)(H,16,18)(H,19,20)/p-1. The number of aromatic amines is 1. The number of carboxylic acid groups (broad SMARTS) is 1. The molecule has 2 rings (SSSR count). The van der Waals surface area contributed by atoms with Gasteiger partial charge in [-0.1, -0.05) is 30.3 Å². The highest BCUT2D eigenvalue weighted by Crippen LogP contribution is 2.15. The molecule has 1 heterocycles. The number of nitrogens with one attached hydrogen (secondary N) is 2. The number of rotatable bonds is 4. The summed E-state index contributed by atoms with van der Waals surface area (Å²) < 4.78 is 0. The number of amides is 1. The lowest BCUT2D eigenvalue weighted by molar-refractivity contribution is -0.299. The Hall–Kier alpha value is -2.89. The number of carbonyl (C=O) groups is 2. The first kappa shape index (κ1) is 13.5. The second kappa shape index (κ2) is 5.83. The average molecular weight is 270 g/mol. The largest absolute Gasteiger partial charge is 0.543 e. The first-order chi connectivity index (χ1) is 9.56. The minimum atomic E-state index is -1.46. The number of carbonyl (C=O) groups excluding carboxylic acids is 2. The molecule has 6 nitrogen and oxygen atoms in total. The molecular weight excluding hydrogens is 258 g/mol. The third kappa shape index (κ3) is 3.32. The minimum absolute atomic E-state index is 0.319. The van der Waals surface area contributed by atoms with Crippen LogP contribution in [0.4, 0.5) is 0 Å². The van der Waals surface area contributed by atoms with Crippen LogP contribution in [0.5, 0.6) is 0 Å². The summed E-state index contributed by atoms with van der Waals surface area (Å²) in [7, 11) is 0. The third-order valence-corrected chi connectivity index (χ3v) is 2.47. The Kier molecular flexibility index (Phi) is 3.95. The van der Waals surface area contributed by atoms with Crippen LogP contribution >= 0.6 is 0 Å². The van der Waals surface area contributed by atoms with Gasteiger partial charge in [-0.3, -0.25) is 4.79 Å². The first-order valence-corrected chi connectivity index (χ1v) is 5.87. The molecule has 102 valence electrons. The number of carboxylic acids is 1. The van der Waals surface area contributed by atoms with Gasteiger partial charge in [-0.05, 0) is 6.08 Å². The van der Waals surface area contributed by atoms with Gasteiger partial charge in [0.05, 0.1) is 23.6 Å². The number of benzene rings is 1. The Balaban J connectivity index is 2.28. The van der Waals surface area contributed by atoms with Gasteiger partial charge in [0.15, 0.2) is 0 Å². The summed E-state index contributed by atoms with van der Waals surface area (Å²) in [6.07, 6.45) is 2.74. The lowest BCUT2D eigenvalue weighted by Crippen LogP contribution is -2.34. The summed E-state index contributed by atoms with van der Waals surface area (Å²) in [5.41, 5.74) is 1.01. The van der Waals surface area contributed by atoms with Crippen molar-refractivity contribution < 1.29 is 14.7 Å². The summed E-state index contributed by atoms with van der Waals surface area (Å²) in [5.74, 6) is -1.34. The number of H-pyrrole nitrogens is 1. The smallest absolute Gasteiger partial charge is 0.221 e. The molecule has 0 aliphatic rings. The van der Waals surface area contributed by atoms with Crippen molar-refractivity contribution in [2.75, 3.05) is 0 Å². The zero-order valence-corrected chi connectivity index (χ0v) is 10.7. The fraction of sp³-hybridized carbons (Fsp3) is 0.0714. The molecule has 0 bridgehead atoms. The SMILES string of the molecule is CC(=O)NC(=Cc1cnc(-c2ccccc2)[nH]1)C(=O)[O-]. The Labute approximate surface area is 115 Å². The second-order valence-electron chi connectivity index (χ2n) is 4.08. The van der Waals surface area contributed by atoms with Crippen LogP contribution in [0.25, 0.3) is 17.5 Å². The summed E-state index contributed by atoms with van der Waals surface area (Å²) in [6, 6.07) is 9.38. The molecule has 0 spiro atoms. The van der Waals surface area contributed by atoms with Gasteiger partial charge >= 0.3 is 0 Å². The Morgan fingerprint density at radius 2 is 2.00 bits per heavy atom. The highest BCUT2D eigenvalue weighted by molar-refractivity contribution is 5.94. The van der Waals surface area contributed by atoms with Crippen LogP contribution in [0.1, 0.15) is 12.6 Å². The molecule has 0 aliphatic heterocycles. The maximum atomic E-state index is 10.9. The molecular formula is C14H12N3O3-. The van der Waals surface area contributed by atoms with Crippen LogP contribution in [0.15, 0.2) is 42.2 Å². The van der Waals surface area contributed by atoms with E-state index >= 15 is 0 Å². The molecule has 1 amide bonds. The maximum absolute atomic E-state index is 10.9. The molecule has 20 heavy (non-hydrogen) atoms. The third-order valence-electron chi connectivity index (χ3n) is 2.47. The Morgan fingerprint density at radius 1 is 1.30 bits per heavy atom. The molecule has 0 fully saturated rings. The summed E-state index contributed by atoms with van der Waals surface area (Å²) in [4.78, 5) is 28.9. The minimum Gasteiger partial charge on any atom is -0.543 e. The van der Waals surface area contributed by atoms with E-state index in [1.165, 1.54) is 19.2 Å². The summed E-state index contributed by atoms with van der Waals surface area (Å²) in [5, 5.41) is 13.1. The summed E-state index contributed by atoms with van der Waals surface area (Å²) in [6.45, 7) is 1.22. The van der Waals surface area contributed by atoms with Crippen molar-refractivity contribution in [3.63, 3.8) is 0 Å². The first-order valence-electron chi connectivity index (χ1n) is 5.87. The molecule has 2 aromatic rings. The van der Waals surface area contributed by atoms with E-state index in [4.69, 9.17) is 0 Å². The molecule has 6 heteroatoms. The predicted molar refractivity (Wildman–Crippen MR) is 70.8 cm³/mol. The molecule has 0 saturated heterocycles. The number of hydrogen-bond acceptors (Lipinski definition) is 4. The topological polar surface area (TPSA) is 97.9 Å². The van der Waals surface area contributed by atoms with Gasteiger partial charge in [0.1, 0.15) is 5.82 Å². The van der Waals surface area contributed by atoms with Crippen molar-refractivity contribution in [2.24, 2.45) is 0 Å². The van der Waals surface area contributed by atoms with E-state index in [0.29, 0.717) is 11.5 Å². The zero-order chi connectivity index (χ0) is 14.5. The number of nitrogens with zero attached hydrogens (tertiary/aromatic N) is 1. The molecule has 1 aromatic heterocycles. The van der Waals surface area contributed by atoms with Gasteiger partial charge in [-0.25, -0.2) is 4.98 Å². The van der Waals surface area contributed by atoms with Crippen molar-refractivity contribution in [1.82, 2.24) is 15.3 Å². The van der Waals surface area contributed by atoms with E-state index in [0.717, 1.165) is 5.56 Å². The fourth-order valence-electron chi connectivity index (χ4n) is 1.64. The average Bonchev–Trinajstić information content (AvgIpc) is 2.87. The molecule has 0 aliphatic carbocycles. The van der Waals surface area contributed by atoms with Crippen molar-refractivity contribution in [2.45, 2.75) is 6.92 Å². The zero-order valence-electron chi connectivity index (χ0n) is 10.7. The van der Waals surface area contributed by atoms with Crippen molar-refractivity contribution >= 4 is 18.0 Å². The van der Waals surface area contributed by atoms with Crippen LogP contribution in [0.2, 0.25) is 0 Å². The van der Waals surface area contributed by atoms with Crippen LogP contribution in [-0.4, -0.2) is 21.8 Å². The van der Waals surface area contributed by atoms with Gasteiger partial charge in [-0.2, -0.15) is 0 Å². The van der Waals surface area contributed by atoms with Gasteiger partial charge in [0.2, 0.25) is 5.91 Å². The molecule has 0 radical (unpaired) electrons. The van der Waals surface area contributed by atoms with Crippen molar-refractivity contribution in [3.05, 3.63) is 47.9 Å². The quantitative estimate of drug-likeness (QED) is 0.781. The lowest BCUT2D eigenvalue weighted by atomic mass is 10.2. The fourth-order valence-corrected chi connectivity index (χ4v) is 1.64. The van der Waals surface area contributed by atoms with Crippen LogP contribution < -0.4 is 10.4 Å². The normalized spacial score (nSPS) is 11.2. The van der Waals surface area contributed by atoms with Gasteiger partial charge in [0.25, 0.3) is 0 Å². The molecule has 2 N–H and O–H groups in total. The number of imidazole rings is 1. The Bertz CT molecular complexity index is 659. The highest BCUT2D eigenvalue weighted by atomic mass is 16.4. The van der Waals surface area contributed by atoms with Crippen LogP contribution in [-0.2, 0) is 9.59 Å². The van der Waals surface area contributed by atoms with Crippen molar-refractivity contribution in [1.29, 1.82) is 0 Å². The Morgan fingerprint density at radius 3 is 2.60 bits per heavy atom. The van der Waals surface area contributed by atoms with E-state index < -0.39 is 11.9 Å². The van der Waals surface area contributed by atoms with Gasteiger partial charge in [0, 0.05) is 12.5 Å². The van der Waals surface area contributed by atoms with E-state index in [9.17, 15) is 14.7 Å². The summed E-state index contributed by atoms with van der Waals surface area (Å²) >= 11 is 0. The maximum Gasteiger partial charge on any atom is 0.221 e. The molecule has 0 unspecified atom stereocenters. The van der Waals surface area contributed by atoms with Gasteiger partial charge < -0.3 is 20.2 Å². The van der Waals surface area contributed by atoms with E-state index in [-0.39, 0.29) is 5.70 Å². The highest BCUT2D eigenvalue weighted by Gasteiger charge is 2.05. The van der Waals surface area contributed by atoms with E-state index in [1.807, 2.05) is 30.3 Å². The van der Waals surface area contributed by atoms with Crippen LogP contribution in [0, 0.1) is 0 Å². The van der Waals surface area contributed by atoms with Gasteiger partial charge in [-0.15, -0.1) is 0 Å². The van der Waals surface area contributed by atoms with Crippen LogP contribution in [0.3, 0.4) is 0 Å². The number of hydrogen-bond donors (Lipinski definition) is 2.